The lowest BCUT2D eigenvalue weighted by molar-refractivity contribution is 0.0697. The van der Waals surface area contributed by atoms with E-state index in [2.05, 4.69) is 20.4 Å². The molecule has 18 heavy (non-hydrogen) atoms. The van der Waals surface area contributed by atoms with Gasteiger partial charge in [0.25, 0.3) is 0 Å². The molecular weight excluding hydrogens is 232 g/mol. The van der Waals surface area contributed by atoms with Crippen molar-refractivity contribution in [1.29, 1.82) is 0 Å². The molecule has 1 aromatic rings. The number of likely N-dealkylation sites (tertiary alicyclic amines) is 1. The van der Waals surface area contributed by atoms with Crippen molar-refractivity contribution < 1.29 is 9.90 Å². The molecule has 0 radical (unpaired) electrons. The zero-order chi connectivity index (χ0) is 12.8. The summed E-state index contributed by atoms with van der Waals surface area (Å²) in [5, 5.41) is 19.6. The summed E-state index contributed by atoms with van der Waals surface area (Å²) in [6, 6.07) is 1.46. The van der Waals surface area contributed by atoms with Crippen molar-refractivity contribution in [2.45, 2.75) is 19.3 Å². The minimum Gasteiger partial charge on any atom is -0.478 e. The minimum absolute atomic E-state index is 0.170. The number of anilines is 1. The summed E-state index contributed by atoms with van der Waals surface area (Å²) in [6.07, 6.45) is 5.22. The van der Waals surface area contributed by atoms with Gasteiger partial charge in [0.2, 0.25) is 0 Å². The van der Waals surface area contributed by atoms with Crippen LogP contribution in [0.3, 0.4) is 0 Å². The third-order valence-corrected chi connectivity index (χ3v) is 3.12. The smallest absolute Gasteiger partial charge is 0.339 e. The highest BCUT2D eigenvalue weighted by atomic mass is 16.4. The molecule has 6 heteroatoms. The van der Waals surface area contributed by atoms with E-state index in [9.17, 15) is 4.79 Å². The second kappa shape index (κ2) is 6.30. The van der Waals surface area contributed by atoms with Gasteiger partial charge in [0.05, 0.1) is 6.20 Å². The molecule has 2 N–H and O–H groups in total. The van der Waals surface area contributed by atoms with Gasteiger partial charge in [0.15, 0.2) is 5.82 Å². The summed E-state index contributed by atoms with van der Waals surface area (Å²) < 4.78 is 0. The van der Waals surface area contributed by atoms with Crippen LogP contribution in [0.1, 0.15) is 29.6 Å². The van der Waals surface area contributed by atoms with Crippen LogP contribution in [-0.2, 0) is 0 Å². The van der Waals surface area contributed by atoms with E-state index in [0.717, 1.165) is 19.6 Å². The van der Waals surface area contributed by atoms with Crippen molar-refractivity contribution in [3.8, 4) is 0 Å². The number of carboxylic acid groups (broad SMARTS) is 1. The van der Waals surface area contributed by atoms with Gasteiger partial charge in [-0.15, -0.1) is 5.10 Å². The van der Waals surface area contributed by atoms with E-state index in [1.54, 1.807) is 0 Å². The van der Waals surface area contributed by atoms with Crippen LogP contribution in [0.15, 0.2) is 12.3 Å². The first-order chi connectivity index (χ1) is 8.77. The fraction of sp³-hybridized carbons (Fsp3) is 0.583. The number of hydrogen-bond donors (Lipinski definition) is 2. The first-order valence-corrected chi connectivity index (χ1v) is 6.28. The topological polar surface area (TPSA) is 78.3 Å². The molecule has 0 aromatic carbocycles. The number of piperidine rings is 1. The number of aromatic carboxylic acids is 1. The number of carbonyl (C=O) groups is 1. The van der Waals surface area contributed by atoms with Crippen molar-refractivity contribution in [3.63, 3.8) is 0 Å². The zero-order valence-electron chi connectivity index (χ0n) is 10.3. The van der Waals surface area contributed by atoms with Crippen LogP contribution in [-0.4, -0.2) is 52.4 Å². The lowest BCUT2D eigenvalue weighted by atomic mass is 10.1. The molecule has 1 saturated heterocycles. The molecule has 0 spiro atoms. The zero-order valence-corrected chi connectivity index (χ0v) is 10.3. The van der Waals surface area contributed by atoms with E-state index in [-0.39, 0.29) is 5.56 Å². The molecule has 2 rings (SSSR count). The van der Waals surface area contributed by atoms with Crippen LogP contribution in [0.5, 0.6) is 0 Å². The van der Waals surface area contributed by atoms with Gasteiger partial charge >= 0.3 is 5.97 Å². The molecule has 98 valence electrons. The van der Waals surface area contributed by atoms with E-state index in [0.29, 0.717) is 12.4 Å². The molecule has 0 atom stereocenters. The number of aromatic nitrogens is 2. The SMILES string of the molecule is O=C(O)c1ccnnc1NCCN1CCCCC1. The number of rotatable bonds is 5. The molecule has 0 aliphatic carbocycles. The van der Waals surface area contributed by atoms with Crippen molar-refractivity contribution in [3.05, 3.63) is 17.8 Å². The molecule has 0 saturated carbocycles. The molecule has 0 unspecified atom stereocenters. The van der Waals surface area contributed by atoms with E-state index in [1.807, 2.05) is 0 Å². The second-order valence-corrected chi connectivity index (χ2v) is 4.43. The summed E-state index contributed by atoms with van der Waals surface area (Å²) in [6.45, 7) is 3.87. The Morgan fingerprint density at radius 1 is 1.39 bits per heavy atom. The molecule has 1 aliphatic heterocycles. The average Bonchev–Trinajstić information content (AvgIpc) is 2.40. The summed E-state index contributed by atoms with van der Waals surface area (Å²) >= 11 is 0. The lowest BCUT2D eigenvalue weighted by Gasteiger charge is -2.26. The molecule has 1 aromatic heterocycles. The van der Waals surface area contributed by atoms with Crippen LogP contribution in [0.25, 0.3) is 0 Å². The maximum Gasteiger partial charge on any atom is 0.339 e. The van der Waals surface area contributed by atoms with Gasteiger partial charge in [0.1, 0.15) is 5.56 Å². The minimum atomic E-state index is -0.981. The van der Waals surface area contributed by atoms with Crippen LogP contribution < -0.4 is 5.32 Å². The van der Waals surface area contributed by atoms with Gasteiger partial charge in [-0.05, 0) is 32.0 Å². The summed E-state index contributed by atoms with van der Waals surface area (Å²) in [4.78, 5) is 13.4. The molecule has 6 nitrogen and oxygen atoms in total. The van der Waals surface area contributed by atoms with Crippen molar-refractivity contribution in [2.24, 2.45) is 0 Å². The average molecular weight is 250 g/mol. The summed E-state index contributed by atoms with van der Waals surface area (Å²) in [5.41, 5.74) is 0.170. The summed E-state index contributed by atoms with van der Waals surface area (Å²) in [7, 11) is 0. The van der Waals surface area contributed by atoms with Gasteiger partial charge < -0.3 is 15.3 Å². The number of nitrogens with zero attached hydrogens (tertiary/aromatic N) is 3. The monoisotopic (exact) mass is 250 g/mol. The normalized spacial score (nSPS) is 16.4. The quantitative estimate of drug-likeness (QED) is 0.814. The fourth-order valence-corrected chi connectivity index (χ4v) is 2.15. The lowest BCUT2D eigenvalue weighted by Crippen LogP contribution is -2.34. The van der Waals surface area contributed by atoms with E-state index >= 15 is 0 Å². The fourth-order valence-electron chi connectivity index (χ4n) is 2.15. The Balaban J connectivity index is 1.84. The highest BCUT2D eigenvalue weighted by molar-refractivity contribution is 5.92. The Bertz CT molecular complexity index is 405. The Labute approximate surface area is 106 Å². The van der Waals surface area contributed by atoms with Gasteiger partial charge in [-0.2, -0.15) is 5.10 Å². The molecule has 1 fully saturated rings. The molecule has 2 heterocycles. The third-order valence-electron chi connectivity index (χ3n) is 3.12. The van der Waals surface area contributed by atoms with E-state index in [1.165, 1.54) is 31.5 Å². The molecule has 1 aliphatic rings. The molecular formula is C12H18N4O2. The van der Waals surface area contributed by atoms with Crippen LogP contribution in [0.4, 0.5) is 5.82 Å². The van der Waals surface area contributed by atoms with Crippen molar-refractivity contribution in [2.75, 3.05) is 31.5 Å². The van der Waals surface area contributed by atoms with Crippen molar-refractivity contribution in [1.82, 2.24) is 15.1 Å². The third kappa shape index (κ3) is 3.40. The summed E-state index contributed by atoms with van der Waals surface area (Å²) in [5.74, 6) is -0.632. The standard InChI is InChI=1S/C12H18N4O2/c17-12(18)10-4-5-14-15-11(10)13-6-9-16-7-2-1-3-8-16/h4-5H,1-3,6-9H2,(H,13,15)(H,17,18). The maximum atomic E-state index is 11.0. The maximum absolute atomic E-state index is 11.0. The predicted octanol–water partition coefficient (Wildman–Crippen LogP) is 1.07. The molecule has 0 bridgehead atoms. The van der Waals surface area contributed by atoms with E-state index < -0.39 is 5.97 Å². The Morgan fingerprint density at radius 2 is 2.17 bits per heavy atom. The Hall–Kier alpha value is -1.69. The van der Waals surface area contributed by atoms with Crippen LogP contribution >= 0.6 is 0 Å². The number of nitrogens with one attached hydrogen (secondary N) is 1. The largest absolute Gasteiger partial charge is 0.478 e. The highest BCUT2D eigenvalue weighted by Gasteiger charge is 2.12. The Morgan fingerprint density at radius 3 is 2.89 bits per heavy atom. The van der Waals surface area contributed by atoms with Crippen LogP contribution in [0, 0.1) is 0 Å². The van der Waals surface area contributed by atoms with Gasteiger partial charge in [0, 0.05) is 13.1 Å². The first-order valence-electron chi connectivity index (χ1n) is 6.28. The van der Waals surface area contributed by atoms with Crippen molar-refractivity contribution >= 4 is 11.8 Å². The van der Waals surface area contributed by atoms with Gasteiger partial charge in [-0.25, -0.2) is 4.79 Å². The Kier molecular flexibility index (Phi) is 4.46. The molecule has 0 amide bonds. The van der Waals surface area contributed by atoms with Crippen LogP contribution in [0.2, 0.25) is 0 Å². The second-order valence-electron chi connectivity index (χ2n) is 4.43. The first kappa shape index (κ1) is 12.8. The predicted molar refractivity (Wildman–Crippen MR) is 67.8 cm³/mol. The van der Waals surface area contributed by atoms with Gasteiger partial charge in [-0.1, -0.05) is 6.42 Å². The van der Waals surface area contributed by atoms with E-state index in [4.69, 9.17) is 5.11 Å². The van der Waals surface area contributed by atoms with Gasteiger partial charge in [-0.3, -0.25) is 0 Å². The number of carboxylic acids is 1. The highest BCUT2D eigenvalue weighted by Crippen LogP contribution is 2.11. The number of hydrogen-bond acceptors (Lipinski definition) is 5.